The Bertz CT molecular complexity index is 537. The fraction of sp³-hybridized carbons (Fsp3) is 1.00. The molecule has 0 aromatic heterocycles. The Kier molecular flexibility index (Phi) is 28.6. The van der Waals surface area contributed by atoms with Crippen LogP contribution in [-0.2, 0) is 15.1 Å². The average molecular weight is 571 g/mol. The zero-order valence-electron chi connectivity index (χ0n) is 17.9. The summed E-state index contributed by atoms with van der Waals surface area (Å²) in [6.45, 7) is -0.718. The molecule has 14 N–H and O–H groups in total. The Labute approximate surface area is 247 Å². The molecule has 20 heteroatoms. The molecule has 15 nitrogen and oxygen atoms in total. The van der Waals surface area contributed by atoms with Gasteiger partial charge in [-0.25, -0.2) is 0 Å². The minimum Gasteiger partial charge on any atom is -1.00 e. The van der Waals surface area contributed by atoms with Crippen LogP contribution in [0.25, 0.3) is 0 Å². The van der Waals surface area contributed by atoms with Gasteiger partial charge in [-0.05, 0) is 6.42 Å². The van der Waals surface area contributed by atoms with Crippen molar-refractivity contribution in [2.24, 2.45) is 17.4 Å². The minimum atomic E-state index is -4.67. The van der Waals surface area contributed by atoms with Crippen molar-refractivity contribution in [3.63, 3.8) is 0 Å². The third-order valence-corrected chi connectivity index (χ3v) is 4.40. The van der Waals surface area contributed by atoms with Gasteiger partial charge in [-0.1, -0.05) is 0 Å². The Morgan fingerprint density at radius 2 is 1.15 bits per heavy atom. The molecular weight excluding hydrogens is 541 g/mol. The molecule has 2 fully saturated rings. The van der Waals surface area contributed by atoms with E-state index in [4.69, 9.17) is 49.0 Å². The van der Waals surface area contributed by atoms with Gasteiger partial charge in [-0.2, -0.15) is 8.42 Å². The largest absolute Gasteiger partial charge is 1.00 e. The second kappa shape index (κ2) is 21.0. The molecule has 1 aliphatic heterocycles. The first-order valence-electron chi connectivity index (χ1n) is 8.32. The van der Waals surface area contributed by atoms with Crippen LogP contribution in [0, 0.1) is 5.92 Å². The predicted octanol–water partition coefficient (Wildman–Crippen LogP) is -18.5. The van der Waals surface area contributed by atoms with Crippen molar-refractivity contribution in [1.29, 1.82) is 0 Å². The van der Waals surface area contributed by atoms with E-state index in [9.17, 15) is 25.5 Å². The van der Waals surface area contributed by atoms with Crippen LogP contribution < -0.4 is 95.4 Å². The fourth-order valence-corrected chi connectivity index (χ4v) is 2.64. The maximum atomic E-state index is 9.32. The van der Waals surface area contributed by atoms with Crippen LogP contribution in [0.3, 0.4) is 0 Å². The molecule has 1 heterocycles. The predicted molar refractivity (Wildman–Crippen MR) is 93.3 cm³/mol. The summed E-state index contributed by atoms with van der Waals surface area (Å²) in [5.41, 5.74) is 10.6. The molecule has 1 aliphatic carbocycles. The molecule has 10 atom stereocenters. The van der Waals surface area contributed by atoms with Gasteiger partial charge in [0.15, 0.2) is 6.29 Å². The number of rotatable bonds is 2. The Morgan fingerprint density at radius 1 is 0.758 bits per heavy atom. The zero-order valence-corrected chi connectivity index (χ0v) is 24.2. The van der Waals surface area contributed by atoms with E-state index in [2.05, 4.69) is 0 Å². The number of aliphatic hydroxyl groups is 8. The summed E-state index contributed by atoms with van der Waals surface area (Å²) < 4.78 is 36.3. The van der Waals surface area contributed by atoms with E-state index >= 15 is 0 Å². The van der Waals surface area contributed by atoms with Crippen LogP contribution in [-0.4, -0.2) is 127 Å². The summed E-state index contributed by atoms with van der Waals surface area (Å²) in [4.78, 5) is 0. The molecule has 2 rings (SSSR count). The molecule has 0 radical (unpaired) electrons. The van der Waals surface area contributed by atoms with Gasteiger partial charge < -0.3 is 81.9 Å². The third-order valence-electron chi connectivity index (χ3n) is 4.40. The summed E-state index contributed by atoms with van der Waals surface area (Å²) >= 11 is 0. The molecule has 0 aromatic rings. The standard InChI is InChI=1S/C7H15NO4.C6H13NO5.2ClH.2Na.H2O4S/c8-5-4(10)1-3(2-9)6(11)7(5)12;7-3-5(10)4(9)2(1-8)12-6(3)11;;;;;1-5(2,3)4/h3-7,9-12H,1-2,8H2;2-6,8-11H,1,7H2;2*1H;;;(H2,1,2,3,4)/q;;;;2*+1;/p-2/t3-,4?,5+,6-,7-;2-,3-,4-,5-,6?;;;;;/m11...../s1. The average Bonchev–Trinajstić information content (AvgIpc) is 2.63. The second-order valence-electron chi connectivity index (χ2n) is 6.56. The number of nitrogens with two attached hydrogens (primary N) is 2. The molecule has 0 bridgehead atoms. The van der Waals surface area contributed by atoms with Gasteiger partial charge in [0.05, 0.1) is 37.0 Å². The van der Waals surface area contributed by atoms with Gasteiger partial charge >= 0.3 is 69.5 Å². The number of aliphatic hydroxyl groups excluding tert-OH is 8. The van der Waals surface area contributed by atoms with Crippen molar-refractivity contribution in [2.45, 2.75) is 61.4 Å². The number of ether oxygens (including phenoxy) is 1. The molecule has 2 aliphatic rings. The summed E-state index contributed by atoms with van der Waals surface area (Å²) in [5.74, 6) is -0.477. The smallest absolute Gasteiger partial charge is 1.00 e. The van der Waals surface area contributed by atoms with Gasteiger partial charge in [0.2, 0.25) is 0 Å². The van der Waals surface area contributed by atoms with Crippen molar-refractivity contribution in [3.8, 4) is 0 Å². The maximum Gasteiger partial charge on any atom is 1.00 e. The van der Waals surface area contributed by atoms with E-state index in [1.165, 1.54) is 0 Å². The molecule has 192 valence electrons. The van der Waals surface area contributed by atoms with Crippen LogP contribution in [0.5, 0.6) is 0 Å². The van der Waals surface area contributed by atoms with E-state index < -0.39 is 77.9 Å². The van der Waals surface area contributed by atoms with Crippen molar-refractivity contribution >= 4 is 10.4 Å². The molecule has 0 aromatic carbocycles. The summed E-state index contributed by atoms with van der Waals surface area (Å²) in [6, 6.07) is -1.86. The monoisotopic (exact) mass is 570 g/mol. The SMILES string of the molecule is N[C@H]1C(O)C[C@H](CO)[C@@H](O)[C@@H]1O.N[C@H]1C(O)O[C@H](CO)[C@@H](O)[C@@H]1O.O=S(=O)(O)O.[Cl-].[Cl-].[Na+].[Na+]. The van der Waals surface area contributed by atoms with Gasteiger partial charge in [0.25, 0.3) is 0 Å². The van der Waals surface area contributed by atoms with Crippen LogP contribution in [0.2, 0.25) is 0 Å². The molecule has 33 heavy (non-hydrogen) atoms. The van der Waals surface area contributed by atoms with Gasteiger partial charge in [-0.3, -0.25) is 9.11 Å². The zero-order chi connectivity index (χ0) is 23.1. The van der Waals surface area contributed by atoms with Crippen LogP contribution in [0.1, 0.15) is 6.42 Å². The third kappa shape index (κ3) is 16.5. The first kappa shape index (κ1) is 45.0. The van der Waals surface area contributed by atoms with Crippen molar-refractivity contribution in [1.82, 2.24) is 0 Å². The first-order chi connectivity index (χ1) is 13.1. The molecule has 2 unspecified atom stereocenters. The Balaban J connectivity index is -0.000000120. The Morgan fingerprint density at radius 3 is 1.52 bits per heavy atom. The molecular formula is C13H30Cl2N2Na2O13S. The summed E-state index contributed by atoms with van der Waals surface area (Å²) in [6.07, 6.45) is -7.65. The quantitative estimate of drug-likeness (QED) is 0.108. The van der Waals surface area contributed by atoms with Gasteiger partial charge in [0, 0.05) is 12.5 Å². The maximum absolute atomic E-state index is 9.32. The number of hydrogen-bond donors (Lipinski definition) is 12. The van der Waals surface area contributed by atoms with Crippen molar-refractivity contribution in [2.75, 3.05) is 13.2 Å². The summed E-state index contributed by atoms with van der Waals surface area (Å²) in [7, 11) is -4.67. The number of hydrogen-bond acceptors (Lipinski definition) is 13. The van der Waals surface area contributed by atoms with E-state index in [1.807, 2.05) is 0 Å². The van der Waals surface area contributed by atoms with Crippen molar-refractivity contribution < 1.29 is 147 Å². The molecule has 1 saturated carbocycles. The van der Waals surface area contributed by atoms with E-state index in [-0.39, 0.29) is 97.0 Å². The van der Waals surface area contributed by atoms with E-state index in [1.54, 1.807) is 0 Å². The van der Waals surface area contributed by atoms with Crippen LogP contribution in [0.15, 0.2) is 0 Å². The minimum absolute atomic E-state index is 0. The second-order valence-corrected chi connectivity index (χ2v) is 7.45. The summed E-state index contributed by atoms with van der Waals surface area (Å²) in [5, 5.41) is 72.7. The van der Waals surface area contributed by atoms with E-state index in [0.717, 1.165) is 0 Å². The fourth-order valence-electron chi connectivity index (χ4n) is 2.64. The van der Waals surface area contributed by atoms with Gasteiger partial charge in [-0.15, -0.1) is 0 Å². The molecule has 0 spiro atoms. The van der Waals surface area contributed by atoms with Gasteiger partial charge in [0.1, 0.15) is 18.3 Å². The Hall–Kier alpha value is 2.01. The normalized spacial score (nSPS) is 37.6. The topological polar surface area (TPSA) is 298 Å². The van der Waals surface area contributed by atoms with Crippen LogP contribution in [0.4, 0.5) is 0 Å². The molecule has 1 saturated heterocycles. The van der Waals surface area contributed by atoms with Crippen LogP contribution >= 0.6 is 0 Å². The first-order valence-corrected chi connectivity index (χ1v) is 9.71. The molecule has 0 amide bonds. The van der Waals surface area contributed by atoms with E-state index in [0.29, 0.717) is 0 Å². The number of halogens is 2. The van der Waals surface area contributed by atoms with Crippen molar-refractivity contribution in [3.05, 3.63) is 0 Å².